The number of rotatable bonds is 5. The number of aliphatic hydroxyl groups excluding tert-OH is 1. The number of nitrogens with one attached hydrogen (secondary N) is 1. The van der Waals surface area contributed by atoms with Gasteiger partial charge in [-0.05, 0) is 24.7 Å². The number of carbonyl (C=O) groups excluding carboxylic acids is 1. The summed E-state index contributed by atoms with van der Waals surface area (Å²) in [5.41, 5.74) is 0.434. The van der Waals surface area contributed by atoms with Gasteiger partial charge in [-0.25, -0.2) is 0 Å². The molecule has 0 spiro atoms. The van der Waals surface area contributed by atoms with Gasteiger partial charge in [0.2, 0.25) is 0 Å². The lowest BCUT2D eigenvalue weighted by atomic mass is 10.0. The van der Waals surface area contributed by atoms with Gasteiger partial charge in [0, 0.05) is 19.2 Å². The molecule has 2 rings (SSSR count). The number of aliphatic hydroxyl groups is 1. The summed E-state index contributed by atoms with van der Waals surface area (Å²) in [5.74, 6) is -0.215. The fraction of sp³-hybridized carbons (Fsp3) is 0.600. The van der Waals surface area contributed by atoms with Gasteiger partial charge >= 0.3 is 0 Å². The molecule has 82 valence electrons. The predicted octanol–water partition coefficient (Wildman–Crippen LogP) is 0.567. The van der Waals surface area contributed by atoms with E-state index in [9.17, 15) is 4.79 Å². The van der Waals surface area contributed by atoms with Gasteiger partial charge in [0.15, 0.2) is 5.69 Å². The molecule has 15 heavy (non-hydrogen) atoms. The number of carbonyl (C=O) groups is 1. The van der Waals surface area contributed by atoms with Crippen LogP contribution in [0.3, 0.4) is 0 Å². The Balaban J connectivity index is 1.81. The maximum absolute atomic E-state index is 11.5. The first-order valence-corrected chi connectivity index (χ1v) is 5.05. The predicted molar refractivity (Wildman–Crippen MR) is 52.2 cm³/mol. The first-order valence-electron chi connectivity index (χ1n) is 5.05. The number of hydrogen-bond acceptors (Lipinski definition) is 4. The molecule has 0 aliphatic heterocycles. The van der Waals surface area contributed by atoms with E-state index < -0.39 is 0 Å². The molecule has 0 aromatic carbocycles. The van der Waals surface area contributed by atoms with E-state index in [0.717, 1.165) is 19.3 Å². The van der Waals surface area contributed by atoms with Gasteiger partial charge in [0.1, 0.15) is 6.26 Å². The second kappa shape index (κ2) is 4.02. The third-order valence-electron chi connectivity index (χ3n) is 2.89. The van der Waals surface area contributed by atoms with E-state index in [0.29, 0.717) is 12.2 Å². The summed E-state index contributed by atoms with van der Waals surface area (Å²) in [6.45, 7) is 0.791. The van der Waals surface area contributed by atoms with Crippen molar-refractivity contribution in [2.75, 3.05) is 13.2 Å². The number of amides is 1. The van der Waals surface area contributed by atoms with Gasteiger partial charge in [-0.2, -0.15) is 0 Å². The number of nitrogens with zero attached hydrogens (tertiary/aromatic N) is 1. The fourth-order valence-electron chi connectivity index (χ4n) is 1.62. The van der Waals surface area contributed by atoms with Crippen LogP contribution in [0.1, 0.15) is 29.8 Å². The lowest BCUT2D eigenvalue weighted by Gasteiger charge is -2.13. The van der Waals surface area contributed by atoms with Gasteiger partial charge < -0.3 is 14.9 Å². The first kappa shape index (κ1) is 10.2. The Morgan fingerprint density at radius 1 is 1.67 bits per heavy atom. The molecule has 0 atom stereocenters. The largest absolute Gasteiger partial charge is 0.396 e. The van der Waals surface area contributed by atoms with Crippen LogP contribution in [0.25, 0.3) is 0 Å². The summed E-state index contributed by atoms with van der Waals surface area (Å²) >= 11 is 0. The monoisotopic (exact) mass is 210 g/mol. The Morgan fingerprint density at radius 3 is 3.00 bits per heavy atom. The van der Waals surface area contributed by atoms with Crippen LogP contribution in [-0.2, 0) is 0 Å². The highest BCUT2D eigenvalue weighted by Gasteiger charge is 2.41. The van der Waals surface area contributed by atoms with E-state index in [1.165, 1.54) is 12.3 Å². The van der Waals surface area contributed by atoms with Crippen LogP contribution in [0.5, 0.6) is 0 Å². The Labute approximate surface area is 87.5 Å². The zero-order valence-electron chi connectivity index (χ0n) is 8.40. The molecule has 1 aliphatic rings. The Hall–Kier alpha value is -1.36. The van der Waals surface area contributed by atoms with E-state index in [4.69, 9.17) is 5.11 Å². The molecule has 0 unspecified atom stereocenters. The molecule has 0 radical (unpaired) electrons. The van der Waals surface area contributed by atoms with Crippen molar-refractivity contribution in [3.8, 4) is 0 Å². The van der Waals surface area contributed by atoms with E-state index in [1.54, 1.807) is 0 Å². The van der Waals surface area contributed by atoms with Crippen molar-refractivity contribution in [1.29, 1.82) is 0 Å². The summed E-state index contributed by atoms with van der Waals surface area (Å²) in [4.78, 5) is 11.5. The minimum atomic E-state index is -0.215. The quantitative estimate of drug-likeness (QED) is 0.744. The molecular weight excluding hydrogens is 196 g/mol. The maximum atomic E-state index is 11.5. The van der Waals surface area contributed by atoms with Gasteiger partial charge in [0.05, 0.1) is 0 Å². The molecular formula is C10H14N2O3. The molecule has 1 saturated carbocycles. The lowest BCUT2D eigenvalue weighted by molar-refractivity contribution is 0.0931. The van der Waals surface area contributed by atoms with Crippen LogP contribution in [0.2, 0.25) is 0 Å². The average Bonchev–Trinajstić information content (AvgIpc) is 2.81. The second-order valence-electron chi connectivity index (χ2n) is 4.04. The van der Waals surface area contributed by atoms with Crippen molar-refractivity contribution in [3.63, 3.8) is 0 Å². The van der Waals surface area contributed by atoms with Crippen molar-refractivity contribution < 1.29 is 14.4 Å². The van der Waals surface area contributed by atoms with Crippen LogP contribution in [0.4, 0.5) is 0 Å². The highest BCUT2D eigenvalue weighted by Crippen LogP contribution is 2.47. The van der Waals surface area contributed by atoms with Crippen LogP contribution >= 0.6 is 0 Å². The Kier molecular flexibility index (Phi) is 2.73. The molecule has 1 heterocycles. The summed E-state index contributed by atoms with van der Waals surface area (Å²) in [5, 5.41) is 15.2. The van der Waals surface area contributed by atoms with Gasteiger partial charge in [-0.1, -0.05) is 5.16 Å². The first-order chi connectivity index (χ1) is 7.26. The molecule has 1 aromatic rings. The van der Waals surface area contributed by atoms with Crippen LogP contribution in [0.15, 0.2) is 16.9 Å². The molecule has 0 saturated heterocycles. The third kappa shape index (κ3) is 2.36. The van der Waals surface area contributed by atoms with Crippen LogP contribution in [-0.4, -0.2) is 29.3 Å². The van der Waals surface area contributed by atoms with E-state index >= 15 is 0 Å². The average molecular weight is 210 g/mol. The normalized spacial score (nSPS) is 17.4. The number of hydrogen-bond donors (Lipinski definition) is 2. The maximum Gasteiger partial charge on any atom is 0.273 e. The minimum Gasteiger partial charge on any atom is -0.396 e. The third-order valence-corrected chi connectivity index (χ3v) is 2.89. The molecule has 1 aliphatic carbocycles. The second-order valence-corrected chi connectivity index (χ2v) is 4.04. The van der Waals surface area contributed by atoms with Crippen LogP contribution in [0, 0.1) is 5.41 Å². The smallest absolute Gasteiger partial charge is 0.273 e. The highest BCUT2D eigenvalue weighted by molar-refractivity contribution is 5.91. The zero-order chi connectivity index (χ0) is 10.7. The molecule has 1 aromatic heterocycles. The topological polar surface area (TPSA) is 75.4 Å². The van der Waals surface area contributed by atoms with E-state index in [1.807, 2.05) is 0 Å². The number of aromatic nitrogens is 1. The molecule has 1 amide bonds. The molecule has 0 bridgehead atoms. The van der Waals surface area contributed by atoms with Crippen molar-refractivity contribution in [2.45, 2.75) is 19.3 Å². The zero-order valence-corrected chi connectivity index (χ0v) is 8.40. The van der Waals surface area contributed by atoms with Gasteiger partial charge in [-0.3, -0.25) is 4.79 Å². The Bertz CT molecular complexity index is 330. The van der Waals surface area contributed by atoms with Gasteiger partial charge in [-0.15, -0.1) is 0 Å². The molecule has 5 nitrogen and oxygen atoms in total. The SMILES string of the molecule is O=C(NCC1(CCO)CC1)c1ccon1. The minimum absolute atomic E-state index is 0.133. The molecule has 1 fully saturated rings. The molecule has 5 heteroatoms. The van der Waals surface area contributed by atoms with Gasteiger partial charge in [0.25, 0.3) is 5.91 Å². The van der Waals surface area contributed by atoms with Crippen molar-refractivity contribution >= 4 is 5.91 Å². The lowest BCUT2D eigenvalue weighted by Crippen LogP contribution is -2.30. The van der Waals surface area contributed by atoms with E-state index in [-0.39, 0.29) is 17.9 Å². The van der Waals surface area contributed by atoms with Crippen molar-refractivity contribution in [2.24, 2.45) is 5.41 Å². The Morgan fingerprint density at radius 2 is 2.47 bits per heavy atom. The van der Waals surface area contributed by atoms with Crippen molar-refractivity contribution in [1.82, 2.24) is 10.5 Å². The van der Waals surface area contributed by atoms with Crippen molar-refractivity contribution in [3.05, 3.63) is 18.0 Å². The standard InChI is InChI=1S/C10H14N2O3/c13-5-4-10(2-3-10)7-11-9(14)8-1-6-15-12-8/h1,6,13H,2-5,7H2,(H,11,14). The summed E-state index contributed by atoms with van der Waals surface area (Å²) in [7, 11) is 0. The fourth-order valence-corrected chi connectivity index (χ4v) is 1.62. The van der Waals surface area contributed by atoms with Crippen LogP contribution < -0.4 is 5.32 Å². The highest BCUT2D eigenvalue weighted by atomic mass is 16.5. The summed E-state index contributed by atoms with van der Waals surface area (Å²) in [6, 6.07) is 1.53. The summed E-state index contributed by atoms with van der Waals surface area (Å²) in [6.07, 6.45) is 4.28. The van der Waals surface area contributed by atoms with E-state index in [2.05, 4.69) is 15.0 Å². The summed E-state index contributed by atoms with van der Waals surface area (Å²) < 4.78 is 4.58. The molecule has 2 N–H and O–H groups in total.